The lowest BCUT2D eigenvalue weighted by Crippen LogP contribution is -2.50. The molecule has 0 bridgehead atoms. The van der Waals surface area contributed by atoms with Crippen molar-refractivity contribution in [2.24, 2.45) is 4.99 Å². The highest BCUT2D eigenvalue weighted by atomic mass is 16.5. The van der Waals surface area contributed by atoms with Crippen LogP contribution in [0.3, 0.4) is 0 Å². The van der Waals surface area contributed by atoms with E-state index in [4.69, 9.17) is 4.74 Å². The Morgan fingerprint density at radius 1 is 1.23 bits per heavy atom. The zero-order chi connectivity index (χ0) is 18.7. The van der Waals surface area contributed by atoms with Crippen molar-refractivity contribution in [1.29, 1.82) is 0 Å². The molecule has 1 saturated carbocycles. The zero-order valence-electron chi connectivity index (χ0n) is 16.9. The van der Waals surface area contributed by atoms with E-state index in [0.717, 1.165) is 31.2 Å². The Hall–Kier alpha value is -1.75. The molecular weight excluding hydrogens is 324 g/mol. The normalized spacial score (nSPS) is 27.5. The van der Waals surface area contributed by atoms with Crippen molar-refractivity contribution in [1.82, 2.24) is 15.5 Å². The smallest absolute Gasteiger partial charge is 0.191 e. The van der Waals surface area contributed by atoms with Gasteiger partial charge in [-0.3, -0.25) is 4.99 Å². The van der Waals surface area contributed by atoms with Crippen LogP contribution in [0.15, 0.2) is 29.3 Å². The maximum absolute atomic E-state index is 5.56. The van der Waals surface area contributed by atoms with Gasteiger partial charge in [-0.25, -0.2) is 0 Å². The number of nitrogens with one attached hydrogen (secondary N) is 2. The number of hydrogen-bond donors (Lipinski definition) is 2. The minimum atomic E-state index is 0.102. The Labute approximate surface area is 158 Å². The molecule has 144 valence electrons. The summed E-state index contributed by atoms with van der Waals surface area (Å²) in [6.07, 6.45) is 3.44. The van der Waals surface area contributed by atoms with Crippen molar-refractivity contribution < 1.29 is 4.74 Å². The summed E-state index contributed by atoms with van der Waals surface area (Å²) in [5.41, 5.74) is 1.38. The SMILES string of the molecule is CN=C(NC1CCN(C(C)C)CC1)NC1CC1(C)c1ccccc1OC. The zero-order valence-corrected chi connectivity index (χ0v) is 16.9. The monoisotopic (exact) mass is 358 g/mol. The van der Waals surface area contributed by atoms with E-state index in [0.29, 0.717) is 18.1 Å². The summed E-state index contributed by atoms with van der Waals surface area (Å²) in [7, 11) is 3.61. The fraction of sp³-hybridized carbons (Fsp3) is 0.667. The van der Waals surface area contributed by atoms with Crippen LogP contribution in [0.25, 0.3) is 0 Å². The van der Waals surface area contributed by atoms with Gasteiger partial charge in [-0.05, 0) is 39.2 Å². The number of aliphatic imine (C=N–C) groups is 1. The van der Waals surface area contributed by atoms with Crippen LogP contribution < -0.4 is 15.4 Å². The van der Waals surface area contributed by atoms with Gasteiger partial charge in [-0.2, -0.15) is 0 Å². The van der Waals surface area contributed by atoms with Crippen LogP contribution in [0.2, 0.25) is 0 Å². The molecule has 2 atom stereocenters. The number of likely N-dealkylation sites (tertiary alicyclic amines) is 1. The third-order valence-electron chi connectivity index (χ3n) is 6.09. The third-order valence-corrected chi connectivity index (χ3v) is 6.09. The number of ether oxygens (including phenoxy) is 1. The van der Waals surface area contributed by atoms with Crippen molar-refractivity contribution in [3.8, 4) is 5.75 Å². The number of piperidine rings is 1. The molecule has 1 aromatic carbocycles. The molecule has 0 spiro atoms. The van der Waals surface area contributed by atoms with Gasteiger partial charge in [-0.1, -0.05) is 25.1 Å². The molecule has 2 N–H and O–H groups in total. The summed E-state index contributed by atoms with van der Waals surface area (Å²) in [5, 5.41) is 7.27. The summed E-state index contributed by atoms with van der Waals surface area (Å²) in [5.74, 6) is 1.90. The first-order valence-electron chi connectivity index (χ1n) is 9.85. The molecule has 1 aliphatic carbocycles. The highest BCUT2D eigenvalue weighted by Crippen LogP contribution is 2.50. The molecule has 1 aromatic rings. The molecular formula is C21H34N4O. The number of methoxy groups -OCH3 is 1. The van der Waals surface area contributed by atoms with Gasteiger partial charge in [0.2, 0.25) is 0 Å². The topological polar surface area (TPSA) is 48.9 Å². The number of rotatable bonds is 5. The second-order valence-electron chi connectivity index (χ2n) is 8.14. The van der Waals surface area contributed by atoms with Crippen molar-refractivity contribution in [3.63, 3.8) is 0 Å². The molecule has 0 aromatic heterocycles. The van der Waals surface area contributed by atoms with Crippen LogP contribution in [0.4, 0.5) is 0 Å². The van der Waals surface area contributed by atoms with Crippen molar-refractivity contribution in [2.75, 3.05) is 27.2 Å². The molecule has 2 fully saturated rings. The summed E-state index contributed by atoms with van der Waals surface area (Å²) < 4.78 is 5.56. The Bertz CT molecular complexity index is 637. The fourth-order valence-electron chi connectivity index (χ4n) is 4.08. The summed E-state index contributed by atoms with van der Waals surface area (Å²) in [6, 6.07) is 9.88. The maximum atomic E-state index is 5.56. The van der Waals surface area contributed by atoms with Crippen LogP contribution in [-0.4, -0.2) is 56.2 Å². The van der Waals surface area contributed by atoms with E-state index in [1.807, 2.05) is 19.2 Å². The molecule has 1 aliphatic heterocycles. The van der Waals surface area contributed by atoms with Crippen molar-refractivity contribution >= 4 is 5.96 Å². The molecule has 26 heavy (non-hydrogen) atoms. The molecule has 0 radical (unpaired) electrons. The average molecular weight is 359 g/mol. The maximum Gasteiger partial charge on any atom is 0.191 e. The van der Waals surface area contributed by atoms with Crippen LogP contribution in [0.5, 0.6) is 5.75 Å². The van der Waals surface area contributed by atoms with E-state index in [9.17, 15) is 0 Å². The number of nitrogens with zero attached hydrogens (tertiary/aromatic N) is 2. The lowest BCUT2D eigenvalue weighted by molar-refractivity contribution is 0.167. The van der Waals surface area contributed by atoms with E-state index in [1.54, 1.807) is 7.11 Å². The number of hydrogen-bond acceptors (Lipinski definition) is 3. The molecule has 1 saturated heterocycles. The van der Waals surface area contributed by atoms with E-state index in [1.165, 1.54) is 18.4 Å². The number of guanidine groups is 1. The first kappa shape index (κ1) is 19.0. The summed E-state index contributed by atoms with van der Waals surface area (Å²) in [6.45, 7) is 9.18. The lowest BCUT2D eigenvalue weighted by Gasteiger charge is -2.35. The van der Waals surface area contributed by atoms with Gasteiger partial charge in [0, 0.05) is 49.2 Å². The molecule has 0 amide bonds. The molecule has 2 aliphatic rings. The van der Waals surface area contributed by atoms with Gasteiger partial charge in [0.1, 0.15) is 5.75 Å². The highest BCUT2D eigenvalue weighted by molar-refractivity contribution is 5.81. The second kappa shape index (κ2) is 7.87. The van der Waals surface area contributed by atoms with E-state index < -0.39 is 0 Å². The van der Waals surface area contributed by atoms with Gasteiger partial charge in [0.05, 0.1) is 7.11 Å². The molecule has 3 rings (SSSR count). The quantitative estimate of drug-likeness (QED) is 0.628. The predicted molar refractivity (Wildman–Crippen MR) is 108 cm³/mol. The first-order valence-corrected chi connectivity index (χ1v) is 9.85. The van der Waals surface area contributed by atoms with Gasteiger partial charge in [0.25, 0.3) is 0 Å². The summed E-state index contributed by atoms with van der Waals surface area (Å²) >= 11 is 0. The Balaban J connectivity index is 1.56. The van der Waals surface area contributed by atoms with E-state index in [-0.39, 0.29) is 5.41 Å². The van der Waals surface area contributed by atoms with Crippen molar-refractivity contribution in [2.45, 2.75) is 63.6 Å². The average Bonchev–Trinajstić information content (AvgIpc) is 3.32. The fourth-order valence-corrected chi connectivity index (χ4v) is 4.08. The third kappa shape index (κ3) is 3.98. The highest BCUT2D eigenvalue weighted by Gasteiger charge is 2.53. The summed E-state index contributed by atoms with van der Waals surface area (Å²) in [4.78, 5) is 7.02. The molecule has 2 unspecified atom stereocenters. The molecule has 1 heterocycles. The first-order chi connectivity index (χ1) is 12.5. The Morgan fingerprint density at radius 2 is 1.92 bits per heavy atom. The Kier molecular flexibility index (Phi) is 5.76. The van der Waals surface area contributed by atoms with Gasteiger partial charge in [0.15, 0.2) is 5.96 Å². The van der Waals surface area contributed by atoms with Crippen LogP contribution in [0.1, 0.15) is 45.6 Å². The minimum absolute atomic E-state index is 0.102. The van der Waals surface area contributed by atoms with Crippen LogP contribution in [0, 0.1) is 0 Å². The van der Waals surface area contributed by atoms with Gasteiger partial charge < -0.3 is 20.3 Å². The van der Waals surface area contributed by atoms with Crippen LogP contribution in [-0.2, 0) is 5.41 Å². The van der Waals surface area contributed by atoms with Gasteiger partial charge in [-0.15, -0.1) is 0 Å². The molecule has 5 nitrogen and oxygen atoms in total. The van der Waals surface area contributed by atoms with E-state index >= 15 is 0 Å². The minimum Gasteiger partial charge on any atom is -0.496 e. The van der Waals surface area contributed by atoms with Gasteiger partial charge >= 0.3 is 0 Å². The van der Waals surface area contributed by atoms with E-state index in [2.05, 4.69) is 53.4 Å². The standard InChI is InChI=1S/C21H34N4O/c1-15(2)25-12-10-16(11-13-25)23-20(22-4)24-19-14-21(19,3)17-8-6-7-9-18(17)26-5/h6-9,15-16,19H,10-14H2,1-5H3,(H2,22,23,24). The van der Waals surface area contributed by atoms with Crippen LogP contribution >= 0.6 is 0 Å². The van der Waals surface area contributed by atoms with Crippen molar-refractivity contribution in [3.05, 3.63) is 29.8 Å². The largest absolute Gasteiger partial charge is 0.496 e. The Morgan fingerprint density at radius 3 is 2.54 bits per heavy atom. The second-order valence-corrected chi connectivity index (χ2v) is 8.14. The number of benzene rings is 1. The predicted octanol–water partition coefficient (Wildman–Crippen LogP) is 2.76. The lowest BCUT2D eigenvalue weighted by atomic mass is 9.96. The molecule has 5 heteroatoms. The number of para-hydroxylation sites is 1.